The van der Waals surface area contributed by atoms with E-state index in [1.807, 2.05) is 20.8 Å². The Morgan fingerprint density at radius 1 is 1.18 bits per heavy atom. The summed E-state index contributed by atoms with van der Waals surface area (Å²) < 4.78 is 51.8. The molecule has 2 aromatic rings. The number of benzene rings is 2. The molecule has 0 bridgehead atoms. The second-order valence-corrected chi connectivity index (χ2v) is 7.25. The monoisotopic (exact) mass is 390 g/mol. The highest BCUT2D eigenvalue weighted by atomic mass is 19.4. The molecule has 1 aliphatic rings. The average molecular weight is 390 g/mol. The summed E-state index contributed by atoms with van der Waals surface area (Å²) in [6.45, 7) is 6.06. The fourth-order valence-electron chi connectivity index (χ4n) is 3.18. The van der Waals surface area contributed by atoms with E-state index in [0.717, 1.165) is 11.6 Å². The molecule has 3 nitrogen and oxygen atoms in total. The molecule has 0 amide bonds. The maximum atomic E-state index is 13.6. The van der Waals surface area contributed by atoms with Gasteiger partial charge in [-0.25, -0.2) is 0 Å². The summed E-state index contributed by atoms with van der Waals surface area (Å²) in [4.78, 5) is 12.7. The molecule has 0 spiro atoms. The predicted molar refractivity (Wildman–Crippen MR) is 101 cm³/mol. The third-order valence-corrected chi connectivity index (χ3v) is 4.38. The normalized spacial score (nSPS) is 15.7. The van der Waals surface area contributed by atoms with Gasteiger partial charge in [0.2, 0.25) is 0 Å². The standard InChI is InChI=1S/C22H21F3O3/c1-4-27-17-8-5-14(6-9-17)11-18(22(23,24)25)20(26)15-7-10-19-16(12-15)13-21(2,3)28-19/h5-12H,4,13H2,1-3H3. The number of fused-ring (bicyclic) bond motifs is 1. The number of ketones is 1. The molecule has 0 saturated heterocycles. The fraction of sp³-hybridized carbons (Fsp3) is 0.318. The second kappa shape index (κ2) is 7.34. The van der Waals surface area contributed by atoms with E-state index >= 15 is 0 Å². The second-order valence-electron chi connectivity index (χ2n) is 7.25. The zero-order valence-corrected chi connectivity index (χ0v) is 15.9. The summed E-state index contributed by atoms with van der Waals surface area (Å²) in [6.07, 6.45) is -3.37. The van der Waals surface area contributed by atoms with Crippen molar-refractivity contribution < 1.29 is 27.4 Å². The molecule has 0 unspecified atom stereocenters. The molecule has 0 radical (unpaired) electrons. The van der Waals surface area contributed by atoms with Crippen LogP contribution in [0.15, 0.2) is 48.0 Å². The lowest BCUT2D eigenvalue weighted by molar-refractivity contribution is -0.0878. The van der Waals surface area contributed by atoms with Gasteiger partial charge in [0.1, 0.15) is 22.7 Å². The molecule has 0 saturated carbocycles. The van der Waals surface area contributed by atoms with Gasteiger partial charge in [0, 0.05) is 12.0 Å². The zero-order valence-electron chi connectivity index (χ0n) is 15.9. The lowest BCUT2D eigenvalue weighted by Gasteiger charge is -2.16. The molecular weight excluding hydrogens is 369 g/mol. The van der Waals surface area contributed by atoms with Gasteiger partial charge in [0.15, 0.2) is 5.78 Å². The molecule has 0 N–H and O–H groups in total. The lowest BCUT2D eigenvalue weighted by atomic mass is 9.96. The Balaban J connectivity index is 1.94. The fourth-order valence-corrected chi connectivity index (χ4v) is 3.18. The minimum atomic E-state index is -4.77. The van der Waals surface area contributed by atoms with Crippen LogP contribution in [0.25, 0.3) is 6.08 Å². The molecular formula is C22H21F3O3. The van der Waals surface area contributed by atoms with E-state index in [1.165, 1.54) is 24.3 Å². The van der Waals surface area contributed by atoms with E-state index in [9.17, 15) is 18.0 Å². The predicted octanol–water partition coefficient (Wildman–Crippen LogP) is 5.63. The number of Topliss-reactive ketones (excluding diaryl/α,β-unsaturated/α-hetero) is 1. The smallest absolute Gasteiger partial charge is 0.420 e. The maximum Gasteiger partial charge on any atom is 0.420 e. The first-order valence-electron chi connectivity index (χ1n) is 8.97. The number of carbonyl (C=O) groups is 1. The summed E-state index contributed by atoms with van der Waals surface area (Å²) in [5, 5.41) is 0. The minimum absolute atomic E-state index is 0.00504. The third-order valence-electron chi connectivity index (χ3n) is 4.38. The molecule has 2 aromatic carbocycles. The summed E-state index contributed by atoms with van der Waals surface area (Å²) in [5.74, 6) is 0.0975. The first-order chi connectivity index (χ1) is 13.1. The number of ether oxygens (including phenoxy) is 2. The van der Waals surface area contributed by atoms with Crippen LogP contribution in [0.3, 0.4) is 0 Å². The van der Waals surface area contributed by atoms with Crippen molar-refractivity contribution in [1.82, 2.24) is 0 Å². The topological polar surface area (TPSA) is 35.5 Å². The molecule has 1 aliphatic heterocycles. The van der Waals surface area contributed by atoms with E-state index in [1.54, 1.807) is 18.2 Å². The lowest BCUT2D eigenvalue weighted by Crippen LogP contribution is -2.24. The van der Waals surface area contributed by atoms with Gasteiger partial charge >= 0.3 is 6.18 Å². The Hall–Kier alpha value is -2.76. The number of carbonyl (C=O) groups excluding carboxylic acids is 1. The van der Waals surface area contributed by atoms with Gasteiger partial charge in [-0.2, -0.15) is 13.2 Å². The Bertz CT molecular complexity index is 910. The zero-order chi connectivity index (χ0) is 20.5. The molecule has 28 heavy (non-hydrogen) atoms. The van der Waals surface area contributed by atoms with Crippen molar-refractivity contribution in [2.75, 3.05) is 6.61 Å². The number of alkyl halides is 3. The van der Waals surface area contributed by atoms with Gasteiger partial charge < -0.3 is 9.47 Å². The largest absolute Gasteiger partial charge is 0.494 e. The molecule has 0 atom stereocenters. The first-order valence-corrected chi connectivity index (χ1v) is 8.97. The highest BCUT2D eigenvalue weighted by molar-refractivity contribution is 6.12. The van der Waals surface area contributed by atoms with Gasteiger partial charge in [-0.05, 0) is 68.3 Å². The van der Waals surface area contributed by atoms with Gasteiger partial charge in [0.05, 0.1) is 6.61 Å². The van der Waals surface area contributed by atoms with Gasteiger partial charge in [-0.1, -0.05) is 12.1 Å². The van der Waals surface area contributed by atoms with E-state index in [4.69, 9.17) is 9.47 Å². The Morgan fingerprint density at radius 3 is 2.46 bits per heavy atom. The van der Waals surface area contributed by atoms with Crippen LogP contribution in [0.5, 0.6) is 11.5 Å². The van der Waals surface area contributed by atoms with E-state index in [0.29, 0.717) is 24.5 Å². The highest BCUT2D eigenvalue weighted by Crippen LogP contribution is 2.37. The Labute approximate surface area is 161 Å². The molecule has 0 aromatic heterocycles. The van der Waals surface area contributed by atoms with Crippen molar-refractivity contribution in [2.24, 2.45) is 0 Å². The van der Waals surface area contributed by atoms with Crippen LogP contribution in [-0.4, -0.2) is 24.2 Å². The summed E-state index contributed by atoms with van der Waals surface area (Å²) in [7, 11) is 0. The third kappa shape index (κ3) is 4.38. The average Bonchev–Trinajstić information content (AvgIpc) is 2.92. The molecule has 0 fully saturated rings. The van der Waals surface area contributed by atoms with Crippen molar-refractivity contribution in [3.63, 3.8) is 0 Å². The Kier molecular flexibility index (Phi) is 5.24. The van der Waals surface area contributed by atoms with E-state index in [-0.39, 0.29) is 11.1 Å². The van der Waals surface area contributed by atoms with Crippen molar-refractivity contribution in [2.45, 2.75) is 39.0 Å². The SMILES string of the molecule is CCOc1ccc(C=C(C(=O)c2ccc3c(c2)CC(C)(C)O3)C(F)(F)F)cc1. The Morgan fingerprint density at radius 2 is 1.86 bits per heavy atom. The minimum Gasteiger partial charge on any atom is -0.494 e. The molecule has 1 heterocycles. The van der Waals surface area contributed by atoms with Crippen LogP contribution in [-0.2, 0) is 6.42 Å². The van der Waals surface area contributed by atoms with Crippen LogP contribution < -0.4 is 9.47 Å². The van der Waals surface area contributed by atoms with E-state index < -0.39 is 23.1 Å². The van der Waals surface area contributed by atoms with Crippen molar-refractivity contribution in [3.8, 4) is 11.5 Å². The number of hydrogen-bond acceptors (Lipinski definition) is 3. The quantitative estimate of drug-likeness (QED) is 0.490. The van der Waals surface area contributed by atoms with Crippen molar-refractivity contribution >= 4 is 11.9 Å². The number of hydrogen-bond donors (Lipinski definition) is 0. The molecule has 0 aliphatic carbocycles. The summed E-state index contributed by atoms with van der Waals surface area (Å²) in [6, 6.07) is 10.5. The van der Waals surface area contributed by atoms with E-state index in [2.05, 4.69) is 0 Å². The van der Waals surface area contributed by atoms with Gasteiger partial charge in [-0.3, -0.25) is 4.79 Å². The highest BCUT2D eigenvalue weighted by Gasteiger charge is 2.39. The molecule has 6 heteroatoms. The summed E-state index contributed by atoms with van der Waals surface area (Å²) in [5.41, 5.74) is -0.646. The van der Waals surface area contributed by atoms with Gasteiger partial charge in [0.25, 0.3) is 0 Å². The van der Waals surface area contributed by atoms with Crippen molar-refractivity contribution in [3.05, 3.63) is 64.7 Å². The maximum absolute atomic E-state index is 13.6. The number of halogens is 3. The summed E-state index contributed by atoms with van der Waals surface area (Å²) >= 11 is 0. The van der Waals surface area contributed by atoms with Crippen LogP contribution >= 0.6 is 0 Å². The van der Waals surface area contributed by atoms with Crippen LogP contribution in [0.2, 0.25) is 0 Å². The van der Waals surface area contributed by atoms with Crippen LogP contribution in [0, 0.1) is 0 Å². The number of rotatable bonds is 5. The van der Waals surface area contributed by atoms with Gasteiger partial charge in [-0.15, -0.1) is 0 Å². The molecule has 3 rings (SSSR count). The number of allylic oxidation sites excluding steroid dienone is 1. The van der Waals surface area contributed by atoms with Crippen LogP contribution in [0.4, 0.5) is 13.2 Å². The first kappa shape index (κ1) is 20.0. The van der Waals surface area contributed by atoms with Crippen LogP contribution in [0.1, 0.15) is 42.3 Å². The molecule has 148 valence electrons. The van der Waals surface area contributed by atoms with Crippen molar-refractivity contribution in [1.29, 1.82) is 0 Å².